The van der Waals surface area contributed by atoms with E-state index in [1.54, 1.807) is 36.4 Å². The molecule has 0 unspecified atom stereocenters. The van der Waals surface area contributed by atoms with Crippen LogP contribution in [0, 0.1) is 6.92 Å². The fourth-order valence-electron chi connectivity index (χ4n) is 4.99. The van der Waals surface area contributed by atoms with Crippen LogP contribution in [-0.4, -0.2) is 54.1 Å². The van der Waals surface area contributed by atoms with Gasteiger partial charge in [0.1, 0.15) is 17.8 Å². The standard InChI is InChI=1S/C32H36N4O5/c1-21-12-14-29(41-2)26(18-21)35-31(39)25(16-17-33)34-32(40)27-19-23-10-6-7-11-24(23)20-36(27)30(38)15-13-28(37)22-8-4-3-5-9-22/h3-12,14,18,25,27H,13,15-17,19-20,33H2,1-2H3,(H,34,40)(H,35,39)/t25-,27-/m0/s1. The highest BCUT2D eigenvalue weighted by Gasteiger charge is 2.36. The highest BCUT2D eigenvalue weighted by atomic mass is 16.5. The molecule has 214 valence electrons. The van der Waals surface area contributed by atoms with Gasteiger partial charge >= 0.3 is 0 Å². The number of fused-ring (bicyclic) bond motifs is 1. The summed E-state index contributed by atoms with van der Waals surface area (Å²) in [5, 5.41) is 5.67. The topological polar surface area (TPSA) is 131 Å². The highest BCUT2D eigenvalue weighted by Crippen LogP contribution is 2.27. The number of benzene rings is 3. The molecule has 2 atom stereocenters. The highest BCUT2D eigenvalue weighted by molar-refractivity contribution is 6.00. The second-order valence-electron chi connectivity index (χ2n) is 10.1. The van der Waals surface area contributed by atoms with Crippen molar-refractivity contribution in [3.8, 4) is 5.75 Å². The molecule has 1 aliphatic rings. The number of hydrogen-bond donors (Lipinski definition) is 3. The van der Waals surface area contributed by atoms with Crippen LogP contribution in [-0.2, 0) is 27.3 Å². The molecular formula is C32H36N4O5. The molecule has 0 saturated heterocycles. The first-order chi connectivity index (χ1) is 19.8. The van der Waals surface area contributed by atoms with Crippen LogP contribution in [0.1, 0.15) is 46.3 Å². The maximum atomic E-state index is 13.7. The van der Waals surface area contributed by atoms with Crippen LogP contribution in [0.15, 0.2) is 72.8 Å². The number of methoxy groups -OCH3 is 1. The van der Waals surface area contributed by atoms with Gasteiger partial charge in [0.25, 0.3) is 0 Å². The van der Waals surface area contributed by atoms with E-state index in [1.165, 1.54) is 12.0 Å². The Balaban J connectivity index is 1.50. The van der Waals surface area contributed by atoms with Gasteiger partial charge in [-0.3, -0.25) is 19.2 Å². The van der Waals surface area contributed by atoms with Crippen molar-refractivity contribution in [1.82, 2.24) is 10.2 Å². The third-order valence-electron chi connectivity index (χ3n) is 7.23. The number of carbonyl (C=O) groups is 4. The minimum Gasteiger partial charge on any atom is -0.495 e. The lowest BCUT2D eigenvalue weighted by molar-refractivity contribution is -0.142. The fourth-order valence-corrected chi connectivity index (χ4v) is 4.99. The summed E-state index contributed by atoms with van der Waals surface area (Å²) in [6, 6.07) is 20.1. The summed E-state index contributed by atoms with van der Waals surface area (Å²) in [4.78, 5) is 54.5. The molecule has 0 aliphatic carbocycles. The number of amides is 3. The molecule has 0 fully saturated rings. The van der Waals surface area contributed by atoms with Crippen molar-refractivity contribution in [2.45, 2.75) is 51.2 Å². The Bertz CT molecular complexity index is 1410. The number of nitrogens with one attached hydrogen (secondary N) is 2. The second kappa shape index (κ2) is 13.7. The lowest BCUT2D eigenvalue weighted by atomic mass is 9.92. The zero-order valence-electron chi connectivity index (χ0n) is 23.4. The Morgan fingerprint density at radius 3 is 2.39 bits per heavy atom. The van der Waals surface area contributed by atoms with Crippen LogP contribution in [0.4, 0.5) is 5.69 Å². The van der Waals surface area contributed by atoms with Crippen molar-refractivity contribution in [2.24, 2.45) is 5.73 Å². The smallest absolute Gasteiger partial charge is 0.247 e. The Morgan fingerprint density at radius 1 is 0.976 bits per heavy atom. The Morgan fingerprint density at radius 2 is 1.68 bits per heavy atom. The van der Waals surface area contributed by atoms with E-state index in [4.69, 9.17) is 10.5 Å². The molecule has 0 aromatic heterocycles. The molecule has 0 radical (unpaired) electrons. The van der Waals surface area contributed by atoms with Gasteiger partial charge < -0.3 is 26.0 Å². The first-order valence-electron chi connectivity index (χ1n) is 13.7. The molecule has 3 aromatic rings. The number of nitrogens with zero attached hydrogens (tertiary/aromatic N) is 1. The van der Waals surface area contributed by atoms with E-state index in [0.29, 0.717) is 23.4 Å². The number of aryl methyl sites for hydroxylation is 1. The number of anilines is 1. The van der Waals surface area contributed by atoms with E-state index < -0.39 is 23.9 Å². The van der Waals surface area contributed by atoms with Crippen LogP contribution < -0.4 is 21.1 Å². The van der Waals surface area contributed by atoms with Crippen LogP contribution in [0.5, 0.6) is 5.75 Å². The first kappa shape index (κ1) is 29.5. The van der Waals surface area contributed by atoms with Crippen molar-refractivity contribution in [1.29, 1.82) is 0 Å². The van der Waals surface area contributed by atoms with E-state index in [9.17, 15) is 19.2 Å². The zero-order valence-corrected chi connectivity index (χ0v) is 23.4. The Kier molecular flexibility index (Phi) is 9.86. The summed E-state index contributed by atoms with van der Waals surface area (Å²) in [7, 11) is 1.51. The van der Waals surface area contributed by atoms with Gasteiger partial charge in [-0.2, -0.15) is 0 Å². The lowest BCUT2D eigenvalue weighted by Gasteiger charge is -2.36. The molecule has 4 rings (SSSR count). The average Bonchev–Trinajstić information content (AvgIpc) is 2.99. The molecule has 0 spiro atoms. The quantitative estimate of drug-likeness (QED) is 0.311. The van der Waals surface area contributed by atoms with Crippen molar-refractivity contribution in [2.75, 3.05) is 19.0 Å². The summed E-state index contributed by atoms with van der Waals surface area (Å²) in [5.41, 5.74) is 9.66. The number of hydrogen-bond acceptors (Lipinski definition) is 6. The number of carbonyl (C=O) groups excluding carboxylic acids is 4. The maximum absolute atomic E-state index is 13.7. The lowest BCUT2D eigenvalue weighted by Crippen LogP contribution is -2.56. The number of Topliss-reactive ketones (excluding diaryl/α,β-unsaturated/α-hetero) is 1. The van der Waals surface area contributed by atoms with Gasteiger partial charge in [0.2, 0.25) is 17.7 Å². The van der Waals surface area contributed by atoms with Crippen molar-refractivity contribution in [3.05, 3.63) is 95.1 Å². The molecule has 0 saturated carbocycles. The van der Waals surface area contributed by atoms with Crippen LogP contribution in [0.25, 0.3) is 0 Å². The number of rotatable bonds is 11. The minimum absolute atomic E-state index is 0.0282. The van der Waals surface area contributed by atoms with E-state index >= 15 is 0 Å². The molecule has 4 N–H and O–H groups in total. The summed E-state index contributed by atoms with van der Waals surface area (Å²) in [6.07, 6.45) is 0.503. The third kappa shape index (κ3) is 7.37. The maximum Gasteiger partial charge on any atom is 0.247 e. The van der Waals surface area contributed by atoms with Crippen LogP contribution >= 0.6 is 0 Å². The molecule has 0 bridgehead atoms. The Labute approximate surface area is 240 Å². The number of ketones is 1. The average molecular weight is 557 g/mol. The van der Waals surface area contributed by atoms with Gasteiger partial charge in [0.15, 0.2) is 5.78 Å². The monoisotopic (exact) mass is 556 g/mol. The summed E-state index contributed by atoms with van der Waals surface area (Å²) < 4.78 is 5.36. The second-order valence-corrected chi connectivity index (χ2v) is 10.1. The molecule has 9 heteroatoms. The Hall–Kier alpha value is -4.50. The third-order valence-corrected chi connectivity index (χ3v) is 7.23. The normalized spacial score (nSPS) is 14.9. The van der Waals surface area contributed by atoms with E-state index in [-0.39, 0.29) is 44.0 Å². The van der Waals surface area contributed by atoms with Crippen molar-refractivity contribution in [3.63, 3.8) is 0 Å². The first-order valence-corrected chi connectivity index (χ1v) is 13.7. The van der Waals surface area contributed by atoms with Gasteiger partial charge in [-0.15, -0.1) is 0 Å². The van der Waals surface area contributed by atoms with Crippen LogP contribution in [0.3, 0.4) is 0 Å². The van der Waals surface area contributed by atoms with E-state index in [2.05, 4.69) is 10.6 Å². The van der Waals surface area contributed by atoms with Gasteiger partial charge in [0, 0.05) is 31.4 Å². The molecule has 9 nitrogen and oxygen atoms in total. The van der Waals surface area contributed by atoms with Crippen molar-refractivity contribution >= 4 is 29.2 Å². The SMILES string of the molecule is COc1ccc(C)cc1NC(=O)[C@H](CCN)NC(=O)[C@@H]1Cc2ccccc2CN1C(=O)CCC(=O)c1ccccc1. The minimum atomic E-state index is -0.925. The van der Waals surface area contributed by atoms with E-state index in [0.717, 1.165) is 16.7 Å². The predicted octanol–water partition coefficient (Wildman–Crippen LogP) is 3.39. The van der Waals surface area contributed by atoms with Gasteiger partial charge in [-0.05, 0) is 48.7 Å². The predicted molar refractivity (Wildman–Crippen MR) is 156 cm³/mol. The van der Waals surface area contributed by atoms with Gasteiger partial charge in [0.05, 0.1) is 12.8 Å². The number of nitrogens with two attached hydrogens (primary N) is 1. The molecular weight excluding hydrogens is 520 g/mol. The molecule has 1 aliphatic heterocycles. The van der Waals surface area contributed by atoms with Gasteiger partial charge in [-0.25, -0.2) is 0 Å². The van der Waals surface area contributed by atoms with Crippen molar-refractivity contribution < 1.29 is 23.9 Å². The summed E-state index contributed by atoms with van der Waals surface area (Å²) in [5.74, 6) is -0.827. The van der Waals surface area contributed by atoms with E-state index in [1.807, 2.05) is 43.3 Å². The van der Waals surface area contributed by atoms with Gasteiger partial charge in [-0.1, -0.05) is 60.7 Å². The zero-order chi connectivity index (χ0) is 29.4. The fraction of sp³-hybridized carbons (Fsp3) is 0.312. The summed E-state index contributed by atoms with van der Waals surface area (Å²) in [6.45, 7) is 2.30. The molecule has 41 heavy (non-hydrogen) atoms. The largest absolute Gasteiger partial charge is 0.495 e. The molecule has 3 amide bonds. The summed E-state index contributed by atoms with van der Waals surface area (Å²) >= 11 is 0. The molecule has 1 heterocycles. The molecule has 3 aromatic carbocycles. The number of ether oxygens (including phenoxy) is 1. The van der Waals surface area contributed by atoms with Crippen LogP contribution in [0.2, 0.25) is 0 Å².